The molecule has 1 aliphatic heterocycles. The summed E-state index contributed by atoms with van der Waals surface area (Å²) in [6.07, 6.45) is 4.28. The maximum Gasteiger partial charge on any atom is 0.235 e. The summed E-state index contributed by atoms with van der Waals surface area (Å²) in [5.41, 5.74) is 0.402. The molecule has 2 aromatic rings. The molecule has 6 heteroatoms. The van der Waals surface area contributed by atoms with Crippen LogP contribution in [-0.4, -0.2) is 50.3 Å². The molecule has 1 heterocycles. The van der Waals surface area contributed by atoms with E-state index in [0.29, 0.717) is 30.7 Å². The predicted molar refractivity (Wildman–Crippen MR) is 119 cm³/mol. The number of benzene rings is 2. The third-order valence-corrected chi connectivity index (χ3v) is 6.42. The van der Waals surface area contributed by atoms with Gasteiger partial charge in [0.1, 0.15) is 18.2 Å². The molecule has 1 N–H and O–H groups in total. The number of hydrogen-bond acceptors (Lipinski definition) is 4. The van der Waals surface area contributed by atoms with Gasteiger partial charge in [0.05, 0.1) is 18.6 Å². The van der Waals surface area contributed by atoms with Gasteiger partial charge in [0.25, 0.3) is 0 Å². The summed E-state index contributed by atoms with van der Waals surface area (Å²) in [7, 11) is 0. The number of halogens is 1. The predicted octanol–water partition coefficient (Wildman–Crippen LogP) is 4.38. The van der Waals surface area contributed by atoms with Crippen molar-refractivity contribution < 1.29 is 18.7 Å². The molecule has 2 aromatic carbocycles. The first kappa shape index (κ1) is 21.8. The van der Waals surface area contributed by atoms with Crippen LogP contribution in [-0.2, 0) is 14.9 Å². The molecule has 1 aliphatic carbocycles. The number of nitrogens with zero attached hydrogens (tertiary/aromatic N) is 1. The van der Waals surface area contributed by atoms with E-state index in [2.05, 4.69) is 10.2 Å². The lowest BCUT2D eigenvalue weighted by Gasteiger charge is -2.36. The highest BCUT2D eigenvalue weighted by molar-refractivity contribution is 5.99. The quantitative estimate of drug-likeness (QED) is 0.714. The zero-order valence-electron chi connectivity index (χ0n) is 17.9. The molecule has 0 bridgehead atoms. The van der Waals surface area contributed by atoms with E-state index in [1.807, 2.05) is 30.3 Å². The highest BCUT2D eigenvalue weighted by Gasteiger charge is 2.42. The standard InChI is InChI=1S/C25H31FN2O3/c26-23-7-3-2-6-22(23)25(12-4-1-5-13-25)24(29)27-20-8-10-21(11-9-20)31-19-16-28-14-17-30-18-15-28/h2-3,6-11H,1,4-5,12-19H2,(H,27,29). The molecule has 0 unspecified atom stereocenters. The van der Waals surface area contributed by atoms with Gasteiger partial charge in [0.2, 0.25) is 5.91 Å². The monoisotopic (exact) mass is 426 g/mol. The van der Waals surface area contributed by atoms with Crippen LogP contribution in [0.3, 0.4) is 0 Å². The molecule has 1 amide bonds. The average Bonchev–Trinajstić information content (AvgIpc) is 2.81. The fourth-order valence-electron chi connectivity index (χ4n) is 4.63. The van der Waals surface area contributed by atoms with Crippen LogP contribution in [0.5, 0.6) is 5.75 Å². The Morgan fingerprint density at radius 3 is 2.45 bits per heavy atom. The van der Waals surface area contributed by atoms with Crippen molar-refractivity contribution in [3.63, 3.8) is 0 Å². The number of amides is 1. The molecular weight excluding hydrogens is 395 g/mol. The van der Waals surface area contributed by atoms with Crippen LogP contribution in [0.25, 0.3) is 0 Å². The molecule has 0 atom stereocenters. The van der Waals surface area contributed by atoms with E-state index in [0.717, 1.165) is 57.9 Å². The zero-order valence-corrected chi connectivity index (χ0v) is 17.9. The van der Waals surface area contributed by atoms with Crippen molar-refractivity contribution in [2.24, 2.45) is 0 Å². The number of nitrogens with one attached hydrogen (secondary N) is 1. The molecule has 2 fully saturated rings. The minimum absolute atomic E-state index is 0.127. The molecule has 5 nitrogen and oxygen atoms in total. The summed E-state index contributed by atoms with van der Waals surface area (Å²) < 4.78 is 25.8. The number of anilines is 1. The third-order valence-electron chi connectivity index (χ3n) is 6.42. The summed E-state index contributed by atoms with van der Waals surface area (Å²) in [6, 6.07) is 14.1. The summed E-state index contributed by atoms with van der Waals surface area (Å²) in [4.78, 5) is 15.7. The van der Waals surface area contributed by atoms with Crippen molar-refractivity contribution in [3.05, 3.63) is 59.9 Å². The van der Waals surface area contributed by atoms with Gasteiger partial charge < -0.3 is 14.8 Å². The van der Waals surface area contributed by atoms with Gasteiger partial charge in [-0.2, -0.15) is 0 Å². The van der Waals surface area contributed by atoms with E-state index in [-0.39, 0.29) is 11.7 Å². The Morgan fingerprint density at radius 1 is 1.03 bits per heavy atom. The minimum Gasteiger partial charge on any atom is -0.492 e. The summed E-state index contributed by atoms with van der Waals surface area (Å²) >= 11 is 0. The van der Waals surface area contributed by atoms with Crippen molar-refractivity contribution >= 4 is 11.6 Å². The van der Waals surface area contributed by atoms with Crippen molar-refractivity contribution in [3.8, 4) is 5.75 Å². The first-order valence-electron chi connectivity index (χ1n) is 11.3. The highest BCUT2D eigenvalue weighted by Crippen LogP contribution is 2.41. The Labute approximate surface area is 183 Å². The molecule has 2 aliphatic rings. The first-order valence-corrected chi connectivity index (χ1v) is 11.3. The third kappa shape index (κ3) is 5.25. The van der Waals surface area contributed by atoms with Crippen molar-refractivity contribution in [1.82, 2.24) is 4.90 Å². The van der Waals surface area contributed by atoms with Crippen LogP contribution >= 0.6 is 0 Å². The van der Waals surface area contributed by atoms with Gasteiger partial charge >= 0.3 is 0 Å². The van der Waals surface area contributed by atoms with E-state index >= 15 is 0 Å². The maximum atomic E-state index is 14.6. The number of ether oxygens (including phenoxy) is 2. The number of rotatable bonds is 7. The lowest BCUT2D eigenvalue weighted by atomic mass is 9.68. The number of carbonyl (C=O) groups is 1. The van der Waals surface area contributed by atoms with E-state index in [4.69, 9.17) is 9.47 Å². The normalized spacial score (nSPS) is 19.0. The number of carbonyl (C=O) groups excluding carboxylic acids is 1. The number of morpholine rings is 1. The fraction of sp³-hybridized carbons (Fsp3) is 0.480. The Kier molecular flexibility index (Phi) is 7.20. The Hall–Kier alpha value is -2.44. The van der Waals surface area contributed by atoms with Gasteiger partial charge in [0.15, 0.2) is 0 Å². The van der Waals surface area contributed by atoms with E-state index < -0.39 is 5.41 Å². The summed E-state index contributed by atoms with van der Waals surface area (Å²) in [5.74, 6) is 0.342. The largest absolute Gasteiger partial charge is 0.492 e. The molecule has 0 aromatic heterocycles. The van der Waals surface area contributed by atoms with E-state index in [1.54, 1.807) is 12.1 Å². The van der Waals surface area contributed by atoms with Crippen LogP contribution in [0.4, 0.5) is 10.1 Å². The molecule has 1 saturated heterocycles. The molecular formula is C25H31FN2O3. The van der Waals surface area contributed by atoms with Crippen molar-refractivity contribution in [2.75, 3.05) is 44.8 Å². The van der Waals surface area contributed by atoms with E-state index in [9.17, 15) is 9.18 Å². The fourth-order valence-corrected chi connectivity index (χ4v) is 4.63. The van der Waals surface area contributed by atoms with Crippen molar-refractivity contribution in [1.29, 1.82) is 0 Å². The maximum absolute atomic E-state index is 14.6. The Bertz CT molecular complexity index is 859. The van der Waals surface area contributed by atoms with Crippen LogP contribution in [0.15, 0.2) is 48.5 Å². The molecule has 4 rings (SSSR count). The first-order chi connectivity index (χ1) is 15.2. The van der Waals surface area contributed by atoms with Gasteiger partial charge in [-0.15, -0.1) is 0 Å². The second-order valence-electron chi connectivity index (χ2n) is 8.40. The number of hydrogen-bond donors (Lipinski definition) is 1. The zero-order chi connectivity index (χ0) is 21.5. The van der Waals surface area contributed by atoms with Crippen LogP contribution in [0.1, 0.15) is 37.7 Å². The lowest BCUT2D eigenvalue weighted by Crippen LogP contribution is -2.42. The Morgan fingerprint density at radius 2 is 1.74 bits per heavy atom. The van der Waals surface area contributed by atoms with Gasteiger partial charge in [-0.1, -0.05) is 37.5 Å². The van der Waals surface area contributed by atoms with Crippen LogP contribution in [0, 0.1) is 5.82 Å². The smallest absolute Gasteiger partial charge is 0.235 e. The van der Waals surface area contributed by atoms with Gasteiger partial charge in [-0.3, -0.25) is 9.69 Å². The Balaban J connectivity index is 1.38. The summed E-state index contributed by atoms with van der Waals surface area (Å²) in [5, 5.41) is 3.03. The molecule has 31 heavy (non-hydrogen) atoms. The van der Waals surface area contributed by atoms with Crippen LogP contribution in [0.2, 0.25) is 0 Å². The minimum atomic E-state index is -0.809. The topological polar surface area (TPSA) is 50.8 Å². The van der Waals surface area contributed by atoms with Crippen LogP contribution < -0.4 is 10.1 Å². The SMILES string of the molecule is O=C(Nc1ccc(OCCN2CCOCC2)cc1)C1(c2ccccc2F)CCCCC1. The highest BCUT2D eigenvalue weighted by atomic mass is 19.1. The van der Waals surface area contributed by atoms with Gasteiger partial charge in [-0.25, -0.2) is 4.39 Å². The van der Waals surface area contributed by atoms with Gasteiger partial charge in [0, 0.05) is 30.9 Å². The lowest BCUT2D eigenvalue weighted by molar-refractivity contribution is -0.122. The van der Waals surface area contributed by atoms with Crippen molar-refractivity contribution in [2.45, 2.75) is 37.5 Å². The second-order valence-corrected chi connectivity index (χ2v) is 8.40. The summed E-state index contributed by atoms with van der Waals surface area (Å²) in [6.45, 7) is 4.93. The molecule has 0 radical (unpaired) electrons. The second kappa shape index (κ2) is 10.2. The van der Waals surface area contributed by atoms with E-state index in [1.165, 1.54) is 6.07 Å². The molecule has 166 valence electrons. The average molecular weight is 427 g/mol. The van der Waals surface area contributed by atoms with Gasteiger partial charge in [-0.05, 0) is 43.2 Å². The molecule has 0 spiro atoms. The molecule has 1 saturated carbocycles.